The fraction of sp³-hybridized carbons (Fsp3) is 0.348. The third-order valence-corrected chi connectivity index (χ3v) is 5.52. The topological polar surface area (TPSA) is 85.5 Å². The van der Waals surface area contributed by atoms with Crippen LogP contribution in [0.3, 0.4) is 0 Å². The first-order valence-electron chi connectivity index (χ1n) is 10.9. The van der Waals surface area contributed by atoms with Crippen LogP contribution in [0.25, 0.3) is 0 Å². The van der Waals surface area contributed by atoms with Gasteiger partial charge in [0.2, 0.25) is 0 Å². The molecule has 1 aliphatic heterocycles. The largest absolute Gasteiger partial charge is 0.361 e. The van der Waals surface area contributed by atoms with Crippen molar-refractivity contribution in [1.82, 2.24) is 21.1 Å². The lowest BCUT2D eigenvalue weighted by molar-refractivity contribution is 0.0942. The van der Waals surface area contributed by atoms with E-state index < -0.39 is 23.4 Å². The minimum absolute atomic E-state index is 0.0248. The Hall–Kier alpha value is -3.11. The number of halogens is 2. The first-order chi connectivity index (χ1) is 15.9. The average Bonchev–Trinajstić information content (AvgIpc) is 2.82. The minimum atomic E-state index is -0.828. The summed E-state index contributed by atoms with van der Waals surface area (Å²) >= 11 is 5.14. The number of carbonyl (C=O) groups excluding carboxylic acids is 2. The number of nitrogens with zero attached hydrogens (tertiary/aromatic N) is 1. The highest BCUT2D eigenvalue weighted by molar-refractivity contribution is 7.80. The number of thiocarbonyl (C=S) groups is 1. The Balaban J connectivity index is 1.42. The minimum Gasteiger partial charge on any atom is -0.361 e. The van der Waals surface area contributed by atoms with E-state index in [0.717, 1.165) is 38.2 Å². The monoisotopic (exact) mass is 475 g/mol. The molecule has 7 nitrogen and oxygen atoms in total. The highest BCUT2D eigenvalue weighted by Gasteiger charge is 2.15. The number of amides is 2. The number of likely N-dealkylation sites (tertiary alicyclic amines) is 1. The summed E-state index contributed by atoms with van der Waals surface area (Å²) in [5.74, 6) is -2.93. The summed E-state index contributed by atoms with van der Waals surface area (Å²) in [5, 5.41) is 5.58. The predicted octanol–water partition coefficient (Wildman–Crippen LogP) is 3.20. The number of piperidine rings is 1. The SMILES string of the molecule is O=C(NNC(=S)NCCCN1CCCCC1)c1ccc(NC(=O)c2ccccc2F)c(F)c1. The molecule has 0 bridgehead atoms. The molecule has 2 aromatic rings. The van der Waals surface area contributed by atoms with Crippen molar-refractivity contribution in [2.45, 2.75) is 25.7 Å². The van der Waals surface area contributed by atoms with E-state index in [1.165, 1.54) is 49.6 Å². The van der Waals surface area contributed by atoms with Crippen LogP contribution < -0.4 is 21.5 Å². The van der Waals surface area contributed by atoms with Crippen molar-refractivity contribution in [2.24, 2.45) is 0 Å². The Labute approximate surface area is 196 Å². The zero-order valence-electron chi connectivity index (χ0n) is 18.1. The molecule has 4 N–H and O–H groups in total. The normalized spacial score (nSPS) is 13.8. The molecule has 10 heteroatoms. The molecule has 33 heavy (non-hydrogen) atoms. The second-order valence-electron chi connectivity index (χ2n) is 7.72. The van der Waals surface area contributed by atoms with Crippen LogP contribution in [-0.2, 0) is 0 Å². The molecule has 176 valence electrons. The number of hydrogen-bond donors (Lipinski definition) is 4. The highest BCUT2D eigenvalue weighted by atomic mass is 32.1. The molecule has 1 aliphatic rings. The van der Waals surface area contributed by atoms with Gasteiger partial charge in [0.25, 0.3) is 11.8 Å². The summed E-state index contributed by atoms with van der Waals surface area (Å²) in [6.07, 6.45) is 4.73. The van der Waals surface area contributed by atoms with E-state index in [2.05, 4.69) is 26.4 Å². The molecule has 3 rings (SSSR count). The molecule has 0 aliphatic carbocycles. The summed E-state index contributed by atoms with van der Waals surface area (Å²) < 4.78 is 28.1. The van der Waals surface area contributed by atoms with Crippen LogP contribution in [0.1, 0.15) is 46.4 Å². The van der Waals surface area contributed by atoms with Gasteiger partial charge in [-0.3, -0.25) is 20.4 Å². The third kappa shape index (κ3) is 7.47. The second kappa shape index (κ2) is 12.2. The molecule has 0 saturated carbocycles. The van der Waals surface area contributed by atoms with E-state index in [-0.39, 0.29) is 21.9 Å². The van der Waals surface area contributed by atoms with E-state index in [4.69, 9.17) is 12.2 Å². The summed E-state index contributed by atoms with van der Waals surface area (Å²) in [4.78, 5) is 26.8. The van der Waals surface area contributed by atoms with Crippen LogP contribution in [0, 0.1) is 11.6 Å². The quantitative estimate of drug-likeness (QED) is 0.280. The van der Waals surface area contributed by atoms with E-state index in [9.17, 15) is 18.4 Å². The van der Waals surface area contributed by atoms with Gasteiger partial charge in [0, 0.05) is 12.1 Å². The number of nitrogens with one attached hydrogen (secondary N) is 4. The Morgan fingerprint density at radius 1 is 0.939 bits per heavy atom. The molecular formula is C23H27F2N5O2S. The lowest BCUT2D eigenvalue weighted by Gasteiger charge is -2.26. The number of hydrogen-bond acceptors (Lipinski definition) is 4. The highest BCUT2D eigenvalue weighted by Crippen LogP contribution is 2.18. The van der Waals surface area contributed by atoms with Gasteiger partial charge in [-0.25, -0.2) is 8.78 Å². The van der Waals surface area contributed by atoms with Gasteiger partial charge in [-0.2, -0.15) is 0 Å². The van der Waals surface area contributed by atoms with Crippen molar-refractivity contribution in [3.63, 3.8) is 0 Å². The molecule has 0 radical (unpaired) electrons. The molecule has 0 spiro atoms. The fourth-order valence-corrected chi connectivity index (χ4v) is 3.66. The Kier molecular flexibility index (Phi) is 9.08. The molecule has 0 aromatic heterocycles. The van der Waals surface area contributed by atoms with Crippen LogP contribution in [0.5, 0.6) is 0 Å². The molecular weight excluding hydrogens is 448 g/mol. The van der Waals surface area contributed by atoms with Gasteiger partial charge in [-0.1, -0.05) is 18.6 Å². The number of hydrazine groups is 1. The summed E-state index contributed by atoms with van der Waals surface area (Å²) in [5.41, 5.74) is 4.64. The van der Waals surface area contributed by atoms with E-state index in [0.29, 0.717) is 6.54 Å². The van der Waals surface area contributed by atoms with Crippen molar-refractivity contribution >= 4 is 34.8 Å². The van der Waals surface area contributed by atoms with Crippen molar-refractivity contribution in [3.05, 3.63) is 65.2 Å². The molecule has 1 fully saturated rings. The standard InChI is InChI=1S/C23H27F2N5O2S/c24-18-8-3-2-7-17(18)22(32)27-20-10-9-16(15-19(20)25)21(31)28-29-23(33)26-11-6-14-30-12-4-1-5-13-30/h2-3,7-10,15H,1,4-6,11-14H2,(H,27,32)(H,28,31)(H2,26,29,33). The van der Waals surface area contributed by atoms with Crippen molar-refractivity contribution in [1.29, 1.82) is 0 Å². The zero-order chi connectivity index (χ0) is 23.6. The van der Waals surface area contributed by atoms with Gasteiger partial charge >= 0.3 is 0 Å². The number of benzene rings is 2. The predicted molar refractivity (Wildman–Crippen MR) is 127 cm³/mol. The van der Waals surface area contributed by atoms with Crippen LogP contribution in [0.2, 0.25) is 0 Å². The van der Waals surface area contributed by atoms with Crippen LogP contribution in [-0.4, -0.2) is 48.0 Å². The van der Waals surface area contributed by atoms with Gasteiger partial charge in [0.15, 0.2) is 5.11 Å². The molecule has 0 unspecified atom stereocenters. The first kappa shape index (κ1) is 24.5. The number of anilines is 1. The van der Waals surface area contributed by atoms with E-state index in [1.54, 1.807) is 0 Å². The Morgan fingerprint density at radius 3 is 2.42 bits per heavy atom. The lowest BCUT2D eigenvalue weighted by Crippen LogP contribution is -2.47. The van der Waals surface area contributed by atoms with Crippen LogP contribution in [0.4, 0.5) is 14.5 Å². The van der Waals surface area contributed by atoms with Crippen LogP contribution >= 0.6 is 12.2 Å². The average molecular weight is 476 g/mol. The number of carbonyl (C=O) groups is 2. The molecule has 2 aromatic carbocycles. The molecule has 1 heterocycles. The van der Waals surface area contributed by atoms with Crippen molar-refractivity contribution in [3.8, 4) is 0 Å². The molecule has 2 amide bonds. The molecule has 1 saturated heterocycles. The maximum atomic E-state index is 14.4. The second-order valence-corrected chi connectivity index (χ2v) is 8.13. The van der Waals surface area contributed by atoms with Crippen LogP contribution in [0.15, 0.2) is 42.5 Å². The van der Waals surface area contributed by atoms with Gasteiger partial charge in [0.1, 0.15) is 11.6 Å². The first-order valence-corrected chi connectivity index (χ1v) is 11.3. The third-order valence-electron chi connectivity index (χ3n) is 5.27. The smallest absolute Gasteiger partial charge is 0.269 e. The van der Waals surface area contributed by atoms with Gasteiger partial charge in [-0.05, 0) is 81.4 Å². The van der Waals surface area contributed by atoms with Crippen molar-refractivity contribution in [2.75, 3.05) is 31.5 Å². The summed E-state index contributed by atoms with van der Waals surface area (Å²) in [6, 6.07) is 8.93. The maximum absolute atomic E-state index is 14.4. The number of rotatable bonds is 7. The van der Waals surface area contributed by atoms with Gasteiger partial charge in [-0.15, -0.1) is 0 Å². The molecule has 0 atom stereocenters. The maximum Gasteiger partial charge on any atom is 0.269 e. The van der Waals surface area contributed by atoms with Gasteiger partial charge < -0.3 is 15.5 Å². The fourth-order valence-electron chi connectivity index (χ4n) is 3.51. The van der Waals surface area contributed by atoms with Gasteiger partial charge in [0.05, 0.1) is 11.3 Å². The zero-order valence-corrected chi connectivity index (χ0v) is 18.9. The lowest BCUT2D eigenvalue weighted by atomic mass is 10.1. The summed E-state index contributed by atoms with van der Waals surface area (Å²) in [7, 11) is 0. The Bertz CT molecular complexity index is 999. The summed E-state index contributed by atoms with van der Waals surface area (Å²) in [6.45, 7) is 3.95. The van der Waals surface area contributed by atoms with E-state index in [1.807, 2.05) is 0 Å². The Morgan fingerprint density at radius 2 is 1.70 bits per heavy atom. The van der Waals surface area contributed by atoms with Crippen molar-refractivity contribution < 1.29 is 18.4 Å². The van der Waals surface area contributed by atoms with E-state index >= 15 is 0 Å².